The molecular formula is C12H20O2. The molecule has 0 amide bonds. The predicted octanol–water partition coefficient (Wildman–Crippen LogP) is 2.32. The Bertz CT molecular complexity index is 243. The quantitative estimate of drug-likeness (QED) is 0.701. The van der Waals surface area contributed by atoms with E-state index in [-0.39, 0.29) is 17.4 Å². The molecule has 1 N–H and O–H groups in total. The van der Waals surface area contributed by atoms with E-state index in [9.17, 15) is 4.79 Å². The maximum absolute atomic E-state index is 11.9. The molecule has 0 spiro atoms. The number of aliphatic hydroxyl groups is 1. The first-order valence-corrected chi connectivity index (χ1v) is 5.25. The molecule has 0 bridgehead atoms. The highest BCUT2D eigenvalue weighted by atomic mass is 16.3. The minimum absolute atomic E-state index is 0.000995. The van der Waals surface area contributed by atoms with Crippen LogP contribution in [0.25, 0.3) is 0 Å². The lowest BCUT2D eigenvalue weighted by atomic mass is 9.64. The van der Waals surface area contributed by atoms with E-state index in [2.05, 4.69) is 20.4 Å². The van der Waals surface area contributed by atoms with Gasteiger partial charge in [0.25, 0.3) is 0 Å². The van der Waals surface area contributed by atoms with Gasteiger partial charge in [0.15, 0.2) is 0 Å². The van der Waals surface area contributed by atoms with E-state index >= 15 is 0 Å². The molecule has 14 heavy (non-hydrogen) atoms. The van der Waals surface area contributed by atoms with Gasteiger partial charge in [-0.05, 0) is 24.7 Å². The highest BCUT2D eigenvalue weighted by molar-refractivity contribution is 5.88. The third-order valence-electron chi connectivity index (χ3n) is 3.84. The number of hydrogen-bond donors (Lipinski definition) is 1. The van der Waals surface area contributed by atoms with Gasteiger partial charge in [0.2, 0.25) is 0 Å². The monoisotopic (exact) mass is 196 g/mol. The Labute approximate surface area is 86.0 Å². The second kappa shape index (κ2) is 3.85. The second-order valence-corrected chi connectivity index (χ2v) is 4.86. The topological polar surface area (TPSA) is 37.3 Å². The molecule has 1 fully saturated rings. The van der Waals surface area contributed by atoms with Crippen LogP contribution in [0.3, 0.4) is 0 Å². The molecule has 0 saturated heterocycles. The van der Waals surface area contributed by atoms with Crippen molar-refractivity contribution in [2.24, 2.45) is 10.8 Å². The molecule has 1 aliphatic rings. The van der Waals surface area contributed by atoms with Gasteiger partial charge < -0.3 is 5.11 Å². The lowest BCUT2D eigenvalue weighted by Crippen LogP contribution is -2.38. The average Bonchev–Trinajstić information content (AvgIpc) is 2.32. The molecule has 0 heterocycles. The largest absolute Gasteiger partial charge is 0.396 e. The Hall–Kier alpha value is -0.630. The maximum atomic E-state index is 11.9. The fourth-order valence-electron chi connectivity index (χ4n) is 2.69. The van der Waals surface area contributed by atoms with Crippen LogP contribution in [0, 0.1) is 10.8 Å². The van der Waals surface area contributed by atoms with Crippen LogP contribution in [-0.2, 0) is 4.79 Å². The first-order chi connectivity index (χ1) is 6.50. The molecule has 2 heteroatoms. The van der Waals surface area contributed by atoms with Crippen molar-refractivity contribution in [2.45, 2.75) is 39.5 Å². The zero-order valence-corrected chi connectivity index (χ0v) is 9.18. The van der Waals surface area contributed by atoms with Gasteiger partial charge in [0.1, 0.15) is 5.78 Å². The zero-order chi connectivity index (χ0) is 10.8. The van der Waals surface area contributed by atoms with E-state index in [1.807, 2.05) is 0 Å². The van der Waals surface area contributed by atoms with Crippen molar-refractivity contribution in [2.75, 3.05) is 6.61 Å². The molecule has 0 aromatic rings. The van der Waals surface area contributed by atoms with Crippen molar-refractivity contribution in [3.8, 4) is 0 Å². The van der Waals surface area contributed by atoms with Crippen LogP contribution in [0.2, 0.25) is 0 Å². The number of Topliss-reactive ketones (excluding diaryl/α,β-unsaturated/α-hetero) is 1. The summed E-state index contributed by atoms with van der Waals surface area (Å²) in [5.41, 5.74) is -0.357. The molecule has 2 nitrogen and oxygen atoms in total. The van der Waals surface area contributed by atoms with Crippen LogP contribution in [0.15, 0.2) is 12.7 Å². The number of hydrogen-bond acceptors (Lipinski definition) is 2. The minimum atomic E-state index is -0.358. The maximum Gasteiger partial charge on any atom is 0.139 e. The summed E-state index contributed by atoms with van der Waals surface area (Å²) in [5, 5.41) is 9.08. The fraction of sp³-hybridized carbons (Fsp3) is 0.750. The molecule has 0 aromatic heterocycles. The summed E-state index contributed by atoms with van der Waals surface area (Å²) in [4.78, 5) is 11.9. The second-order valence-electron chi connectivity index (χ2n) is 4.86. The molecule has 0 aromatic carbocycles. The van der Waals surface area contributed by atoms with E-state index in [0.29, 0.717) is 25.0 Å². The number of allylic oxidation sites excluding steroid dienone is 1. The Kier molecular flexibility index (Phi) is 3.15. The molecule has 1 aliphatic carbocycles. The third kappa shape index (κ3) is 1.52. The van der Waals surface area contributed by atoms with Gasteiger partial charge >= 0.3 is 0 Å². The lowest BCUT2D eigenvalue weighted by Gasteiger charge is -2.39. The summed E-state index contributed by atoms with van der Waals surface area (Å²) in [6.07, 6.45) is 4.66. The van der Waals surface area contributed by atoms with Crippen LogP contribution in [0.4, 0.5) is 0 Å². The Balaban J connectivity index is 3.02. The molecule has 1 atom stereocenters. The van der Waals surface area contributed by atoms with E-state index in [1.165, 1.54) is 0 Å². The summed E-state index contributed by atoms with van der Waals surface area (Å²) in [5.74, 6) is 0.302. The molecule has 80 valence electrons. The number of aliphatic hydroxyl groups excluding tert-OH is 1. The molecular weight excluding hydrogens is 176 g/mol. The van der Waals surface area contributed by atoms with Crippen LogP contribution in [-0.4, -0.2) is 17.5 Å². The number of ketones is 1. The van der Waals surface area contributed by atoms with Crippen LogP contribution in [0.1, 0.15) is 39.5 Å². The van der Waals surface area contributed by atoms with Gasteiger partial charge in [-0.3, -0.25) is 4.79 Å². The van der Waals surface area contributed by atoms with E-state index in [0.717, 1.165) is 6.42 Å². The Morgan fingerprint density at radius 1 is 1.57 bits per heavy atom. The first kappa shape index (κ1) is 11.4. The van der Waals surface area contributed by atoms with Gasteiger partial charge in [-0.2, -0.15) is 0 Å². The molecule has 0 radical (unpaired) electrons. The zero-order valence-electron chi connectivity index (χ0n) is 9.18. The number of carbonyl (C=O) groups is 1. The summed E-state index contributed by atoms with van der Waals surface area (Å²) < 4.78 is 0. The fourth-order valence-corrected chi connectivity index (χ4v) is 2.69. The standard InChI is InChI=1S/C12H20O2/c1-4-6-12(8-9-13)10(14)5-7-11(12,2)3/h4,13H,1,5-9H2,2-3H3. The van der Waals surface area contributed by atoms with Gasteiger partial charge in [0.05, 0.1) is 0 Å². The van der Waals surface area contributed by atoms with E-state index < -0.39 is 0 Å². The minimum Gasteiger partial charge on any atom is -0.396 e. The summed E-state index contributed by atoms with van der Waals surface area (Å²) in [7, 11) is 0. The van der Waals surface area contributed by atoms with Gasteiger partial charge in [0, 0.05) is 18.4 Å². The molecule has 1 unspecified atom stereocenters. The van der Waals surface area contributed by atoms with Crippen molar-refractivity contribution in [3.63, 3.8) is 0 Å². The highest BCUT2D eigenvalue weighted by Gasteiger charge is 2.53. The highest BCUT2D eigenvalue weighted by Crippen LogP contribution is 2.54. The van der Waals surface area contributed by atoms with Crippen molar-refractivity contribution >= 4 is 5.78 Å². The smallest absolute Gasteiger partial charge is 0.139 e. The molecule has 1 rings (SSSR count). The van der Waals surface area contributed by atoms with Gasteiger partial charge in [-0.25, -0.2) is 0 Å². The Morgan fingerprint density at radius 2 is 2.21 bits per heavy atom. The normalized spacial score (nSPS) is 30.6. The SMILES string of the molecule is C=CCC1(CCO)C(=O)CCC1(C)C. The van der Waals surface area contributed by atoms with Crippen LogP contribution >= 0.6 is 0 Å². The third-order valence-corrected chi connectivity index (χ3v) is 3.84. The van der Waals surface area contributed by atoms with Crippen molar-refractivity contribution in [3.05, 3.63) is 12.7 Å². The van der Waals surface area contributed by atoms with Crippen molar-refractivity contribution < 1.29 is 9.90 Å². The summed E-state index contributed by atoms with van der Waals surface area (Å²) >= 11 is 0. The van der Waals surface area contributed by atoms with Crippen molar-refractivity contribution in [1.29, 1.82) is 0 Å². The molecule has 0 aliphatic heterocycles. The van der Waals surface area contributed by atoms with Crippen LogP contribution in [0.5, 0.6) is 0 Å². The number of rotatable bonds is 4. The van der Waals surface area contributed by atoms with E-state index in [4.69, 9.17) is 5.11 Å². The predicted molar refractivity (Wildman–Crippen MR) is 57.0 cm³/mol. The summed E-state index contributed by atoms with van der Waals surface area (Å²) in [6.45, 7) is 8.05. The average molecular weight is 196 g/mol. The summed E-state index contributed by atoms with van der Waals surface area (Å²) in [6, 6.07) is 0. The van der Waals surface area contributed by atoms with E-state index in [1.54, 1.807) is 6.08 Å². The first-order valence-electron chi connectivity index (χ1n) is 5.25. The number of carbonyl (C=O) groups excluding carboxylic acids is 1. The van der Waals surface area contributed by atoms with Crippen molar-refractivity contribution in [1.82, 2.24) is 0 Å². The van der Waals surface area contributed by atoms with Crippen LogP contribution < -0.4 is 0 Å². The van der Waals surface area contributed by atoms with Gasteiger partial charge in [-0.15, -0.1) is 6.58 Å². The Morgan fingerprint density at radius 3 is 2.57 bits per heavy atom. The lowest BCUT2D eigenvalue weighted by molar-refractivity contribution is -0.130. The molecule has 1 saturated carbocycles. The van der Waals surface area contributed by atoms with Gasteiger partial charge in [-0.1, -0.05) is 19.9 Å².